The molecule has 2 unspecified atom stereocenters. The van der Waals surface area contributed by atoms with E-state index in [0.717, 1.165) is 39.0 Å². The van der Waals surface area contributed by atoms with Gasteiger partial charge in [-0.25, -0.2) is 4.79 Å². The summed E-state index contributed by atoms with van der Waals surface area (Å²) in [5, 5.41) is 0. The van der Waals surface area contributed by atoms with E-state index in [0.29, 0.717) is 6.04 Å². The van der Waals surface area contributed by atoms with Gasteiger partial charge in [-0.05, 0) is 25.8 Å². The molecular formula is C14H28N4O. The number of urea groups is 1. The van der Waals surface area contributed by atoms with Crippen LogP contribution in [0.25, 0.3) is 0 Å². The molecule has 2 heterocycles. The topological polar surface area (TPSA) is 52.8 Å². The van der Waals surface area contributed by atoms with Crippen LogP contribution in [0.2, 0.25) is 0 Å². The van der Waals surface area contributed by atoms with E-state index in [-0.39, 0.29) is 12.1 Å². The summed E-state index contributed by atoms with van der Waals surface area (Å²) in [5.74, 6) is 0. The summed E-state index contributed by atoms with van der Waals surface area (Å²) in [7, 11) is 1.94. The normalized spacial score (nSPS) is 28.1. The molecule has 2 aliphatic heterocycles. The second kappa shape index (κ2) is 6.57. The minimum atomic E-state index is 0.162. The maximum atomic E-state index is 12.4. The molecule has 2 N–H and O–H groups in total. The Balaban J connectivity index is 1.80. The van der Waals surface area contributed by atoms with Crippen molar-refractivity contribution in [3.8, 4) is 0 Å². The van der Waals surface area contributed by atoms with Crippen molar-refractivity contribution < 1.29 is 4.79 Å². The summed E-state index contributed by atoms with van der Waals surface area (Å²) >= 11 is 0. The number of carbonyl (C=O) groups is 1. The first kappa shape index (κ1) is 14.6. The van der Waals surface area contributed by atoms with Crippen LogP contribution in [0.1, 0.15) is 32.6 Å². The Bertz CT molecular complexity index is 310. The van der Waals surface area contributed by atoms with Gasteiger partial charge >= 0.3 is 6.03 Å². The Morgan fingerprint density at radius 3 is 2.74 bits per heavy atom. The molecule has 2 amide bonds. The zero-order valence-electron chi connectivity index (χ0n) is 12.3. The number of nitrogens with zero attached hydrogens (tertiary/aromatic N) is 3. The molecule has 2 aliphatic rings. The number of likely N-dealkylation sites (N-methyl/N-ethyl adjacent to an activating group) is 1. The lowest BCUT2D eigenvalue weighted by Gasteiger charge is -2.29. The Morgan fingerprint density at radius 2 is 2.11 bits per heavy atom. The number of rotatable bonds is 4. The molecule has 0 spiro atoms. The lowest BCUT2D eigenvalue weighted by atomic mass is 10.2. The number of amides is 2. The predicted octanol–water partition coefficient (Wildman–Crippen LogP) is 0.946. The molecular weight excluding hydrogens is 240 g/mol. The number of unbranched alkanes of at least 4 members (excludes halogenated alkanes) is 1. The van der Waals surface area contributed by atoms with Crippen LogP contribution in [0.4, 0.5) is 4.79 Å². The van der Waals surface area contributed by atoms with E-state index in [9.17, 15) is 4.79 Å². The van der Waals surface area contributed by atoms with Crippen molar-refractivity contribution >= 4 is 6.03 Å². The minimum absolute atomic E-state index is 0.162. The van der Waals surface area contributed by atoms with Crippen LogP contribution in [-0.2, 0) is 0 Å². The fourth-order valence-electron chi connectivity index (χ4n) is 3.05. The highest BCUT2D eigenvalue weighted by Crippen LogP contribution is 2.18. The Kier molecular flexibility index (Phi) is 5.05. The predicted molar refractivity (Wildman–Crippen MR) is 77.1 cm³/mol. The van der Waals surface area contributed by atoms with Crippen molar-refractivity contribution in [3.05, 3.63) is 0 Å². The van der Waals surface area contributed by atoms with Gasteiger partial charge in [-0.2, -0.15) is 0 Å². The monoisotopic (exact) mass is 268 g/mol. The molecule has 19 heavy (non-hydrogen) atoms. The summed E-state index contributed by atoms with van der Waals surface area (Å²) in [4.78, 5) is 18.7. The molecule has 2 rings (SSSR count). The van der Waals surface area contributed by atoms with Crippen molar-refractivity contribution in [2.75, 3.05) is 39.8 Å². The molecule has 0 bridgehead atoms. The average Bonchev–Trinajstić information content (AvgIpc) is 3.03. The highest BCUT2D eigenvalue weighted by atomic mass is 16.2. The third-order valence-electron chi connectivity index (χ3n) is 4.42. The molecule has 2 atom stereocenters. The van der Waals surface area contributed by atoms with Gasteiger partial charge in [0.2, 0.25) is 0 Å². The molecule has 0 aliphatic carbocycles. The number of hydrogen-bond donors (Lipinski definition) is 1. The van der Waals surface area contributed by atoms with Crippen molar-refractivity contribution in [2.45, 2.75) is 44.7 Å². The first-order valence-electron chi connectivity index (χ1n) is 7.61. The van der Waals surface area contributed by atoms with Crippen LogP contribution in [0.15, 0.2) is 0 Å². The second-order valence-corrected chi connectivity index (χ2v) is 5.98. The molecule has 0 radical (unpaired) electrons. The minimum Gasteiger partial charge on any atom is -0.326 e. The van der Waals surface area contributed by atoms with E-state index < -0.39 is 0 Å². The molecule has 2 saturated heterocycles. The molecule has 5 heteroatoms. The van der Waals surface area contributed by atoms with Gasteiger partial charge in [0, 0.05) is 45.3 Å². The van der Waals surface area contributed by atoms with E-state index in [2.05, 4.69) is 11.8 Å². The van der Waals surface area contributed by atoms with Crippen LogP contribution in [0.5, 0.6) is 0 Å². The standard InChI is InChI=1S/C14H28N4O/c1-3-4-7-17-8-6-13(11-17)16(2)14(19)18-9-5-12(15)10-18/h12-13H,3-11,15H2,1-2H3. The largest absolute Gasteiger partial charge is 0.326 e. The van der Waals surface area contributed by atoms with E-state index >= 15 is 0 Å². The first-order chi connectivity index (χ1) is 9.11. The van der Waals surface area contributed by atoms with Crippen molar-refractivity contribution in [2.24, 2.45) is 5.73 Å². The van der Waals surface area contributed by atoms with Gasteiger partial charge in [-0.15, -0.1) is 0 Å². The summed E-state index contributed by atoms with van der Waals surface area (Å²) in [6.07, 6.45) is 4.53. The van der Waals surface area contributed by atoms with Gasteiger partial charge in [-0.3, -0.25) is 0 Å². The quantitative estimate of drug-likeness (QED) is 0.826. The van der Waals surface area contributed by atoms with E-state index in [1.54, 1.807) is 0 Å². The third kappa shape index (κ3) is 3.60. The van der Waals surface area contributed by atoms with Gasteiger partial charge in [0.1, 0.15) is 0 Å². The summed E-state index contributed by atoms with van der Waals surface area (Å²) in [6.45, 7) is 7.08. The average molecular weight is 268 g/mol. The second-order valence-electron chi connectivity index (χ2n) is 5.98. The van der Waals surface area contributed by atoms with Crippen LogP contribution in [0.3, 0.4) is 0 Å². The number of hydrogen-bond acceptors (Lipinski definition) is 3. The fraction of sp³-hybridized carbons (Fsp3) is 0.929. The Labute approximate surface area is 116 Å². The zero-order valence-corrected chi connectivity index (χ0v) is 12.3. The molecule has 0 aromatic carbocycles. The highest BCUT2D eigenvalue weighted by Gasteiger charge is 2.32. The molecule has 110 valence electrons. The van der Waals surface area contributed by atoms with Crippen LogP contribution in [0, 0.1) is 0 Å². The van der Waals surface area contributed by atoms with E-state index in [1.807, 2.05) is 16.8 Å². The number of likely N-dealkylation sites (tertiary alicyclic amines) is 2. The summed E-state index contributed by atoms with van der Waals surface area (Å²) < 4.78 is 0. The van der Waals surface area contributed by atoms with Gasteiger partial charge in [0.15, 0.2) is 0 Å². The Morgan fingerprint density at radius 1 is 1.32 bits per heavy atom. The molecule has 0 saturated carbocycles. The van der Waals surface area contributed by atoms with Gasteiger partial charge in [0.05, 0.1) is 0 Å². The fourth-order valence-corrected chi connectivity index (χ4v) is 3.05. The highest BCUT2D eigenvalue weighted by molar-refractivity contribution is 5.75. The number of nitrogens with two attached hydrogens (primary N) is 1. The lowest BCUT2D eigenvalue weighted by molar-refractivity contribution is 0.155. The summed E-state index contributed by atoms with van der Waals surface area (Å²) in [5.41, 5.74) is 5.87. The smallest absolute Gasteiger partial charge is 0.320 e. The van der Waals surface area contributed by atoms with Crippen LogP contribution < -0.4 is 5.73 Å². The van der Waals surface area contributed by atoms with Crippen molar-refractivity contribution in [1.82, 2.24) is 14.7 Å². The van der Waals surface area contributed by atoms with Gasteiger partial charge in [0.25, 0.3) is 0 Å². The third-order valence-corrected chi connectivity index (χ3v) is 4.42. The molecule has 2 fully saturated rings. The van der Waals surface area contributed by atoms with Crippen LogP contribution in [-0.4, -0.2) is 72.6 Å². The van der Waals surface area contributed by atoms with E-state index in [1.165, 1.54) is 19.4 Å². The Hall–Kier alpha value is -0.810. The zero-order chi connectivity index (χ0) is 13.8. The van der Waals surface area contributed by atoms with E-state index in [4.69, 9.17) is 5.73 Å². The lowest BCUT2D eigenvalue weighted by Crippen LogP contribution is -2.46. The molecule has 5 nitrogen and oxygen atoms in total. The van der Waals surface area contributed by atoms with Crippen molar-refractivity contribution in [1.29, 1.82) is 0 Å². The van der Waals surface area contributed by atoms with Gasteiger partial charge in [-0.1, -0.05) is 13.3 Å². The first-order valence-corrected chi connectivity index (χ1v) is 7.61. The summed E-state index contributed by atoms with van der Waals surface area (Å²) in [6, 6.07) is 0.707. The maximum Gasteiger partial charge on any atom is 0.320 e. The number of carbonyl (C=O) groups excluding carboxylic acids is 1. The van der Waals surface area contributed by atoms with Crippen LogP contribution >= 0.6 is 0 Å². The molecule has 0 aromatic heterocycles. The van der Waals surface area contributed by atoms with Crippen molar-refractivity contribution in [3.63, 3.8) is 0 Å². The maximum absolute atomic E-state index is 12.4. The SMILES string of the molecule is CCCCN1CCC(N(C)C(=O)N2CCC(N)C2)C1. The van der Waals surface area contributed by atoms with Gasteiger partial charge < -0.3 is 20.4 Å². The molecule has 0 aromatic rings.